The molecule has 0 bridgehead atoms. The first-order chi connectivity index (χ1) is 13.0. The Bertz CT molecular complexity index is 943. The Morgan fingerprint density at radius 3 is 2.29 bits per heavy atom. The molecule has 0 aliphatic heterocycles. The molecule has 0 aliphatic carbocycles. The average molecular weight is 423 g/mol. The first kappa shape index (κ1) is 22.2. The minimum atomic E-state index is -3.70. The molecular formula is C21H27ClN2O3S. The van der Waals surface area contributed by atoms with Gasteiger partial charge in [0, 0.05) is 5.02 Å². The summed E-state index contributed by atoms with van der Waals surface area (Å²) in [5, 5.41) is 3.39. The summed E-state index contributed by atoms with van der Waals surface area (Å²) in [5.74, 6) is -0.364. The third-order valence-corrected chi connectivity index (χ3v) is 6.16. The Morgan fingerprint density at radius 2 is 1.75 bits per heavy atom. The number of hydrogen-bond acceptors (Lipinski definition) is 3. The highest BCUT2D eigenvalue weighted by molar-refractivity contribution is 7.92. The molecule has 0 spiro atoms. The molecule has 2 rings (SSSR count). The van der Waals surface area contributed by atoms with Crippen molar-refractivity contribution in [2.75, 3.05) is 10.6 Å². The number of carbonyl (C=O) groups excluding carboxylic acids is 1. The molecule has 0 saturated carbocycles. The molecule has 0 radical (unpaired) electrons. The molecule has 7 heteroatoms. The van der Waals surface area contributed by atoms with Crippen LogP contribution in [0.15, 0.2) is 42.5 Å². The van der Waals surface area contributed by atoms with Crippen molar-refractivity contribution in [2.45, 2.75) is 46.2 Å². The van der Waals surface area contributed by atoms with Gasteiger partial charge in [-0.15, -0.1) is 0 Å². The highest BCUT2D eigenvalue weighted by atomic mass is 35.5. The first-order valence-electron chi connectivity index (χ1n) is 9.17. The predicted octanol–water partition coefficient (Wildman–Crippen LogP) is 4.38. The second kappa shape index (κ2) is 8.97. The van der Waals surface area contributed by atoms with Crippen LogP contribution in [0, 0.1) is 13.8 Å². The molecule has 5 nitrogen and oxygen atoms in total. The van der Waals surface area contributed by atoms with E-state index in [-0.39, 0.29) is 11.9 Å². The van der Waals surface area contributed by atoms with Gasteiger partial charge in [-0.3, -0.25) is 9.10 Å². The SMILES string of the molecule is CC[C@@H](NC(=O)[C@H](C)N(c1cc(Cl)ccc1C)S(C)(=O)=O)c1ccc(C)cc1. The number of amides is 1. The van der Waals surface area contributed by atoms with Crippen molar-refractivity contribution in [2.24, 2.45) is 0 Å². The van der Waals surface area contributed by atoms with E-state index in [9.17, 15) is 13.2 Å². The van der Waals surface area contributed by atoms with Gasteiger partial charge >= 0.3 is 0 Å². The first-order valence-corrected chi connectivity index (χ1v) is 11.4. The molecule has 2 aromatic carbocycles. The van der Waals surface area contributed by atoms with Crippen LogP contribution in [-0.2, 0) is 14.8 Å². The van der Waals surface area contributed by atoms with Crippen LogP contribution in [0.5, 0.6) is 0 Å². The summed E-state index contributed by atoms with van der Waals surface area (Å²) in [7, 11) is -3.70. The molecule has 0 heterocycles. The number of halogens is 1. The van der Waals surface area contributed by atoms with Crippen molar-refractivity contribution >= 4 is 33.2 Å². The maximum Gasteiger partial charge on any atom is 0.244 e. The van der Waals surface area contributed by atoms with Gasteiger partial charge in [0.05, 0.1) is 18.0 Å². The highest BCUT2D eigenvalue weighted by Crippen LogP contribution is 2.28. The smallest absolute Gasteiger partial charge is 0.244 e. The van der Waals surface area contributed by atoms with Gasteiger partial charge < -0.3 is 5.32 Å². The van der Waals surface area contributed by atoms with Gasteiger partial charge in [-0.1, -0.05) is 54.4 Å². The Balaban J connectivity index is 2.33. The minimum absolute atomic E-state index is 0.197. The van der Waals surface area contributed by atoms with Crippen molar-refractivity contribution in [3.05, 3.63) is 64.2 Å². The molecule has 0 fully saturated rings. The molecule has 1 N–H and O–H groups in total. The van der Waals surface area contributed by atoms with Crippen molar-refractivity contribution in [1.82, 2.24) is 5.32 Å². The summed E-state index contributed by atoms with van der Waals surface area (Å²) in [6.07, 6.45) is 1.78. The van der Waals surface area contributed by atoms with Crippen LogP contribution >= 0.6 is 11.6 Å². The fourth-order valence-electron chi connectivity index (χ4n) is 3.11. The molecule has 152 valence electrons. The van der Waals surface area contributed by atoms with E-state index >= 15 is 0 Å². The van der Waals surface area contributed by atoms with E-state index in [1.165, 1.54) is 0 Å². The van der Waals surface area contributed by atoms with E-state index in [4.69, 9.17) is 11.6 Å². The third kappa shape index (κ3) is 5.26. The fraction of sp³-hybridized carbons (Fsp3) is 0.381. The van der Waals surface area contributed by atoms with Crippen molar-refractivity contribution in [3.8, 4) is 0 Å². The van der Waals surface area contributed by atoms with Crippen LogP contribution < -0.4 is 9.62 Å². The minimum Gasteiger partial charge on any atom is -0.347 e. The lowest BCUT2D eigenvalue weighted by Gasteiger charge is -2.31. The van der Waals surface area contributed by atoms with Gasteiger partial charge in [-0.25, -0.2) is 8.42 Å². The number of rotatable bonds is 7. The molecular weight excluding hydrogens is 396 g/mol. The monoisotopic (exact) mass is 422 g/mol. The Hall–Kier alpha value is -2.05. The second-order valence-corrected chi connectivity index (χ2v) is 9.34. The number of aryl methyl sites for hydroxylation is 2. The third-order valence-electron chi connectivity index (χ3n) is 4.70. The molecule has 2 atom stereocenters. The number of carbonyl (C=O) groups is 1. The van der Waals surface area contributed by atoms with Gasteiger partial charge in [-0.05, 0) is 50.5 Å². The molecule has 1 amide bonds. The Labute approximate surface area is 172 Å². The van der Waals surface area contributed by atoms with Gasteiger partial charge in [0.15, 0.2) is 0 Å². The number of anilines is 1. The number of benzene rings is 2. The van der Waals surface area contributed by atoms with Gasteiger partial charge in [0.1, 0.15) is 6.04 Å². The molecule has 0 unspecified atom stereocenters. The van der Waals surface area contributed by atoms with Gasteiger partial charge in [-0.2, -0.15) is 0 Å². The maximum absolute atomic E-state index is 13.0. The van der Waals surface area contributed by atoms with E-state index in [0.29, 0.717) is 17.1 Å². The van der Waals surface area contributed by atoms with Crippen LogP contribution in [0.25, 0.3) is 0 Å². The van der Waals surface area contributed by atoms with Crippen LogP contribution in [-0.4, -0.2) is 26.6 Å². The predicted molar refractivity (Wildman–Crippen MR) is 115 cm³/mol. The van der Waals surface area contributed by atoms with E-state index in [0.717, 1.165) is 27.3 Å². The molecule has 28 heavy (non-hydrogen) atoms. The Kier molecular flexibility index (Phi) is 7.12. The van der Waals surface area contributed by atoms with E-state index in [2.05, 4.69) is 5.32 Å². The second-order valence-electron chi connectivity index (χ2n) is 7.05. The standard InChI is InChI=1S/C21H27ClN2O3S/c1-6-19(17-10-7-14(2)8-11-17)23-21(25)16(4)24(28(5,26)27)20-13-18(22)12-9-15(20)3/h7-13,16,19H,6H2,1-5H3,(H,23,25)/t16-,19+/m0/s1. The number of nitrogens with one attached hydrogen (secondary N) is 1. The number of hydrogen-bond donors (Lipinski definition) is 1. The molecule has 0 saturated heterocycles. The van der Waals surface area contributed by atoms with Crippen LogP contribution in [0.1, 0.15) is 43.0 Å². The summed E-state index contributed by atoms with van der Waals surface area (Å²) < 4.78 is 26.1. The summed E-state index contributed by atoms with van der Waals surface area (Å²) in [5.41, 5.74) is 3.25. The van der Waals surface area contributed by atoms with Crippen LogP contribution in [0.2, 0.25) is 5.02 Å². The number of nitrogens with zero attached hydrogens (tertiary/aromatic N) is 1. The zero-order valence-electron chi connectivity index (χ0n) is 16.9. The lowest BCUT2D eigenvalue weighted by molar-refractivity contribution is -0.122. The molecule has 2 aromatic rings. The Morgan fingerprint density at radius 1 is 1.14 bits per heavy atom. The van der Waals surface area contributed by atoms with Gasteiger partial charge in [0.2, 0.25) is 15.9 Å². The van der Waals surface area contributed by atoms with Crippen molar-refractivity contribution in [1.29, 1.82) is 0 Å². The average Bonchev–Trinajstić information content (AvgIpc) is 2.62. The molecule has 0 aromatic heterocycles. The van der Waals surface area contributed by atoms with Crippen LogP contribution in [0.4, 0.5) is 5.69 Å². The fourth-order valence-corrected chi connectivity index (χ4v) is 4.50. The topological polar surface area (TPSA) is 66.5 Å². The summed E-state index contributed by atoms with van der Waals surface area (Å²) >= 11 is 6.07. The zero-order chi connectivity index (χ0) is 21.1. The lowest BCUT2D eigenvalue weighted by atomic mass is 10.0. The highest BCUT2D eigenvalue weighted by Gasteiger charge is 2.31. The summed E-state index contributed by atoms with van der Waals surface area (Å²) in [6.45, 7) is 7.35. The largest absolute Gasteiger partial charge is 0.347 e. The normalized spacial score (nSPS) is 13.6. The van der Waals surface area contributed by atoms with Crippen molar-refractivity contribution < 1.29 is 13.2 Å². The summed E-state index contributed by atoms with van der Waals surface area (Å²) in [6, 6.07) is 11.8. The maximum atomic E-state index is 13.0. The zero-order valence-corrected chi connectivity index (χ0v) is 18.4. The van der Waals surface area contributed by atoms with E-state index in [1.54, 1.807) is 32.0 Å². The number of sulfonamides is 1. The van der Waals surface area contributed by atoms with Crippen molar-refractivity contribution in [3.63, 3.8) is 0 Å². The van der Waals surface area contributed by atoms with Gasteiger partial charge in [0.25, 0.3) is 0 Å². The molecule has 0 aliphatic rings. The quantitative estimate of drug-likeness (QED) is 0.720. The van der Waals surface area contributed by atoms with Crippen LogP contribution in [0.3, 0.4) is 0 Å². The van der Waals surface area contributed by atoms with E-state index in [1.807, 2.05) is 38.1 Å². The lowest BCUT2D eigenvalue weighted by Crippen LogP contribution is -2.48. The summed E-state index contributed by atoms with van der Waals surface area (Å²) in [4.78, 5) is 13.0. The van der Waals surface area contributed by atoms with E-state index < -0.39 is 16.1 Å².